The molecule has 0 atom stereocenters. The summed E-state index contributed by atoms with van der Waals surface area (Å²) in [4.78, 5) is 8.83. The second-order valence-corrected chi connectivity index (χ2v) is 6.73. The summed E-state index contributed by atoms with van der Waals surface area (Å²) in [6.45, 7) is 11.1. The number of pyridine rings is 1. The third kappa shape index (κ3) is 4.08. The van der Waals surface area contributed by atoms with E-state index in [2.05, 4.69) is 42.1 Å². The molecule has 2 heterocycles. The van der Waals surface area contributed by atoms with Crippen molar-refractivity contribution in [2.45, 2.75) is 57.0 Å². The highest BCUT2D eigenvalue weighted by molar-refractivity contribution is 7.99. The summed E-state index contributed by atoms with van der Waals surface area (Å²) < 4.78 is 5.61. The minimum absolute atomic E-state index is 0.0773. The molecule has 2 aromatic rings. The van der Waals surface area contributed by atoms with Gasteiger partial charge in [-0.3, -0.25) is 0 Å². The molecule has 0 bridgehead atoms. The zero-order valence-corrected chi connectivity index (χ0v) is 13.5. The zero-order valence-electron chi connectivity index (χ0n) is 12.7. The minimum atomic E-state index is 0.0773. The molecule has 0 spiro atoms. The van der Waals surface area contributed by atoms with Gasteiger partial charge in [0.1, 0.15) is 10.8 Å². The molecule has 108 valence electrons. The van der Waals surface area contributed by atoms with Crippen LogP contribution in [0.25, 0.3) is 0 Å². The largest absolute Gasteiger partial charge is 0.436 e. The Morgan fingerprint density at radius 2 is 2.05 bits per heavy atom. The van der Waals surface area contributed by atoms with Crippen molar-refractivity contribution >= 4 is 11.8 Å². The van der Waals surface area contributed by atoms with Gasteiger partial charge in [-0.1, -0.05) is 6.07 Å². The molecule has 0 aliphatic heterocycles. The molecular weight excluding hydrogens is 270 g/mol. The van der Waals surface area contributed by atoms with Gasteiger partial charge in [-0.05, 0) is 58.0 Å². The van der Waals surface area contributed by atoms with Gasteiger partial charge in [0.15, 0.2) is 0 Å². The highest BCUT2D eigenvalue weighted by atomic mass is 32.2. The van der Waals surface area contributed by atoms with Gasteiger partial charge in [0.25, 0.3) is 5.22 Å². The molecule has 0 aliphatic rings. The van der Waals surface area contributed by atoms with Gasteiger partial charge in [0, 0.05) is 18.3 Å². The predicted octanol–water partition coefficient (Wildman–Crippen LogP) is 3.73. The number of hydrogen-bond donors (Lipinski definition) is 1. The van der Waals surface area contributed by atoms with Crippen LogP contribution >= 0.6 is 11.8 Å². The summed E-state index contributed by atoms with van der Waals surface area (Å²) in [6.07, 6.45) is 1.80. The molecule has 20 heavy (non-hydrogen) atoms. The molecule has 0 saturated heterocycles. The first-order valence-corrected chi connectivity index (χ1v) is 7.47. The van der Waals surface area contributed by atoms with Gasteiger partial charge < -0.3 is 9.73 Å². The van der Waals surface area contributed by atoms with Crippen LogP contribution in [0.1, 0.15) is 37.8 Å². The number of nitrogens with zero attached hydrogens (tertiary/aromatic N) is 2. The number of rotatable bonds is 4. The van der Waals surface area contributed by atoms with Crippen LogP contribution in [0.3, 0.4) is 0 Å². The van der Waals surface area contributed by atoms with E-state index in [-0.39, 0.29) is 5.54 Å². The second kappa shape index (κ2) is 5.97. The van der Waals surface area contributed by atoms with E-state index in [9.17, 15) is 0 Å². The first-order valence-electron chi connectivity index (χ1n) is 6.66. The van der Waals surface area contributed by atoms with Crippen LogP contribution < -0.4 is 5.32 Å². The number of aromatic nitrogens is 2. The average molecular weight is 291 g/mol. The molecule has 0 radical (unpaired) electrons. The van der Waals surface area contributed by atoms with Crippen molar-refractivity contribution < 1.29 is 4.42 Å². The van der Waals surface area contributed by atoms with Crippen LogP contribution in [-0.4, -0.2) is 15.5 Å². The molecule has 0 fully saturated rings. The van der Waals surface area contributed by atoms with E-state index < -0.39 is 0 Å². The molecule has 0 aromatic carbocycles. The van der Waals surface area contributed by atoms with Crippen molar-refractivity contribution in [1.82, 2.24) is 15.3 Å². The predicted molar refractivity (Wildman–Crippen MR) is 80.9 cm³/mol. The molecule has 2 rings (SSSR count). The van der Waals surface area contributed by atoms with E-state index in [4.69, 9.17) is 4.42 Å². The quantitative estimate of drug-likeness (QED) is 0.930. The Kier molecular flexibility index (Phi) is 4.50. The third-order valence-corrected chi connectivity index (χ3v) is 3.76. The summed E-state index contributed by atoms with van der Waals surface area (Å²) in [5, 5.41) is 5.06. The zero-order chi connectivity index (χ0) is 14.8. The topological polar surface area (TPSA) is 51.0 Å². The van der Waals surface area contributed by atoms with E-state index in [0.29, 0.717) is 5.22 Å². The Bertz CT molecular complexity index is 568. The lowest BCUT2D eigenvalue weighted by Crippen LogP contribution is -2.35. The van der Waals surface area contributed by atoms with E-state index in [1.165, 1.54) is 11.8 Å². The Balaban J connectivity index is 2.15. The fourth-order valence-electron chi connectivity index (χ4n) is 1.58. The lowest BCUT2D eigenvalue weighted by atomic mass is 10.1. The molecular formula is C15H21N3OS. The maximum atomic E-state index is 5.61. The minimum Gasteiger partial charge on any atom is -0.436 e. The van der Waals surface area contributed by atoms with E-state index in [0.717, 1.165) is 28.6 Å². The van der Waals surface area contributed by atoms with Gasteiger partial charge in [-0.2, -0.15) is 0 Å². The van der Waals surface area contributed by atoms with Crippen LogP contribution in [0.4, 0.5) is 0 Å². The first-order chi connectivity index (χ1) is 9.35. The maximum absolute atomic E-state index is 5.61. The third-order valence-electron chi connectivity index (χ3n) is 2.85. The average Bonchev–Trinajstić information content (AvgIpc) is 2.66. The molecule has 0 amide bonds. The van der Waals surface area contributed by atoms with Crippen LogP contribution in [0.5, 0.6) is 0 Å². The first kappa shape index (κ1) is 15.1. The van der Waals surface area contributed by atoms with Crippen LogP contribution in [0, 0.1) is 13.8 Å². The van der Waals surface area contributed by atoms with Crippen molar-refractivity contribution in [2.75, 3.05) is 0 Å². The fraction of sp³-hybridized carbons (Fsp3) is 0.467. The van der Waals surface area contributed by atoms with E-state index >= 15 is 0 Å². The summed E-state index contributed by atoms with van der Waals surface area (Å²) >= 11 is 1.47. The highest BCUT2D eigenvalue weighted by Crippen LogP contribution is 2.29. The van der Waals surface area contributed by atoms with Crippen molar-refractivity contribution in [1.29, 1.82) is 0 Å². The Labute approximate surface area is 124 Å². The summed E-state index contributed by atoms with van der Waals surface area (Å²) in [5.74, 6) is 0.859. The Hall–Kier alpha value is -1.33. The van der Waals surface area contributed by atoms with Crippen molar-refractivity contribution in [2.24, 2.45) is 0 Å². The molecule has 0 aliphatic carbocycles. The summed E-state index contributed by atoms with van der Waals surface area (Å²) in [6, 6.07) is 4.03. The lowest BCUT2D eigenvalue weighted by molar-refractivity contribution is 0.421. The van der Waals surface area contributed by atoms with Gasteiger partial charge in [-0.15, -0.1) is 0 Å². The SMILES string of the molecule is Cc1nc(Sc2ncccc2CNC(C)(C)C)oc1C. The Morgan fingerprint density at radius 3 is 2.65 bits per heavy atom. The number of oxazole rings is 1. The maximum Gasteiger partial charge on any atom is 0.262 e. The van der Waals surface area contributed by atoms with Crippen LogP contribution in [0.2, 0.25) is 0 Å². The monoisotopic (exact) mass is 291 g/mol. The molecule has 4 nitrogen and oxygen atoms in total. The fourth-order valence-corrected chi connectivity index (χ4v) is 2.48. The van der Waals surface area contributed by atoms with Crippen molar-refractivity contribution in [3.63, 3.8) is 0 Å². The van der Waals surface area contributed by atoms with Crippen molar-refractivity contribution in [3.05, 3.63) is 35.3 Å². The summed E-state index contributed by atoms with van der Waals surface area (Å²) in [7, 11) is 0. The number of nitrogens with one attached hydrogen (secondary N) is 1. The summed E-state index contributed by atoms with van der Waals surface area (Å²) in [5.41, 5.74) is 2.16. The number of aryl methyl sites for hydroxylation is 2. The Morgan fingerprint density at radius 1 is 1.30 bits per heavy atom. The molecule has 0 saturated carbocycles. The van der Waals surface area contributed by atoms with Gasteiger partial charge in [0.2, 0.25) is 0 Å². The molecule has 1 N–H and O–H groups in total. The van der Waals surface area contributed by atoms with Crippen LogP contribution in [0.15, 0.2) is 33.0 Å². The van der Waals surface area contributed by atoms with Gasteiger partial charge in [0.05, 0.1) is 5.69 Å². The smallest absolute Gasteiger partial charge is 0.262 e. The van der Waals surface area contributed by atoms with E-state index in [1.54, 1.807) is 6.20 Å². The second-order valence-electron chi connectivity index (χ2n) is 5.79. The van der Waals surface area contributed by atoms with Gasteiger partial charge in [-0.25, -0.2) is 9.97 Å². The van der Waals surface area contributed by atoms with Crippen LogP contribution in [-0.2, 0) is 6.54 Å². The van der Waals surface area contributed by atoms with Crippen molar-refractivity contribution in [3.8, 4) is 0 Å². The molecule has 5 heteroatoms. The number of hydrogen-bond acceptors (Lipinski definition) is 5. The normalized spacial score (nSPS) is 11.8. The van der Waals surface area contributed by atoms with Gasteiger partial charge >= 0.3 is 0 Å². The molecule has 2 aromatic heterocycles. The van der Waals surface area contributed by atoms with E-state index in [1.807, 2.05) is 19.9 Å². The highest BCUT2D eigenvalue weighted by Gasteiger charge is 2.14. The molecule has 0 unspecified atom stereocenters. The lowest BCUT2D eigenvalue weighted by Gasteiger charge is -2.21. The standard InChI is InChI=1S/C15H21N3OS/c1-10-11(2)19-14(18-10)20-13-12(7-6-8-16-13)9-17-15(3,4)5/h6-8,17H,9H2,1-5H3.